The summed E-state index contributed by atoms with van der Waals surface area (Å²) in [6.45, 7) is 3.02. The van der Waals surface area contributed by atoms with Crippen molar-refractivity contribution in [2.75, 3.05) is 24.3 Å². The number of ketones is 1. The average molecular weight is 399 g/mol. The Bertz CT molecular complexity index is 938. The van der Waals surface area contributed by atoms with E-state index in [1.165, 1.54) is 31.3 Å². The maximum atomic E-state index is 12.2. The lowest BCUT2D eigenvalue weighted by Gasteiger charge is -2.09. The molecule has 2 aromatic carbocycles. The van der Waals surface area contributed by atoms with Crippen LogP contribution in [0.3, 0.4) is 0 Å². The summed E-state index contributed by atoms with van der Waals surface area (Å²) in [6, 6.07) is 10.0. The predicted molar refractivity (Wildman–Crippen MR) is 107 cm³/mol. The molecule has 1 amide bonds. The second-order valence-electron chi connectivity index (χ2n) is 6.46. The van der Waals surface area contributed by atoms with Crippen LogP contribution in [-0.2, 0) is 9.53 Å². The molecule has 0 aliphatic carbocycles. The molecule has 0 radical (unpaired) electrons. The van der Waals surface area contributed by atoms with Gasteiger partial charge in [0, 0.05) is 30.3 Å². The molecule has 0 fully saturated rings. The van der Waals surface area contributed by atoms with Gasteiger partial charge < -0.3 is 15.4 Å². The highest BCUT2D eigenvalue weighted by Gasteiger charge is 2.18. The van der Waals surface area contributed by atoms with E-state index in [9.17, 15) is 24.5 Å². The van der Waals surface area contributed by atoms with Crippen LogP contribution in [0, 0.1) is 16.0 Å². The van der Waals surface area contributed by atoms with Crippen molar-refractivity contribution in [1.82, 2.24) is 0 Å². The Kier molecular flexibility index (Phi) is 7.02. The molecule has 0 bridgehead atoms. The van der Waals surface area contributed by atoms with E-state index in [4.69, 9.17) is 4.74 Å². The number of rotatable bonds is 8. The van der Waals surface area contributed by atoms with Crippen LogP contribution in [0.4, 0.5) is 17.1 Å². The van der Waals surface area contributed by atoms with Crippen molar-refractivity contribution in [2.45, 2.75) is 13.8 Å². The second-order valence-corrected chi connectivity index (χ2v) is 6.46. The first-order chi connectivity index (χ1) is 13.7. The van der Waals surface area contributed by atoms with Crippen LogP contribution in [0.25, 0.3) is 0 Å². The molecule has 2 N–H and O–H groups in total. The summed E-state index contributed by atoms with van der Waals surface area (Å²) < 4.78 is 4.98. The zero-order valence-electron chi connectivity index (χ0n) is 16.2. The lowest BCUT2D eigenvalue weighted by atomic mass is 10.1. The first-order valence-corrected chi connectivity index (χ1v) is 8.80. The normalized spacial score (nSPS) is 10.3. The van der Waals surface area contributed by atoms with Gasteiger partial charge in [-0.1, -0.05) is 13.8 Å². The van der Waals surface area contributed by atoms with Crippen LogP contribution >= 0.6 is 0 Å². The number of nitro benzene ring substituents is 1. The highest BCUT2D eigenvalue weighted by molar-refractivity contribution is 6.00. The summed E-state index contributed by atoms with van der Waals surface area (Å²) in [6.07, 6.45) is 0. The quantitative estimate of drug-likeness (QED) is 0.302. The van der Waals surface area contributed by atoms with Crippen molar-refractivity contribution in [3.05, 3.63) is 63.7 Å². The van der Waals surface area contributed by atoms with Gasteiger partial charge in [0.15, 0.2) is 12.4 Å². The minimum Gasteiger partial charge on any atom is -0.454 e. The Hall–Kier alpha value is -3.75. The summed E-state index contributed by atoms with van der Waals surface area (Å²) >= 11 is 0. The van der Waals surface area contributed by atoms with Crippen LogP contribution in [0.15, 0.2) is 42.5 Å². The van der Waals surface area contributed by atoms with Crippen molar-refractivity contribution in [3.63, 3.8) is 0 Å². The zero-order valence-corrected chi connectivity index (χ0v) is 16.2. The van der Waals surface area contributed by atoms with Crippen LogP contribution in [-0.4, -0.2) is 36.2 Å². The molecular formula is C20H21N3O6. The molecule has 9 nitrogen and oxygen atoms in total. The molecule has 152 valence electrons. The van der Waals surface area contributed by atoms with Gasteiger partial charge in [-0.3, -0.25) is 19.7 Å². The van der Waals surface area contributed by atoms with E-state index in [0.29, 0.717) is 11.3 Å². The summed E-state index contributed by atoms with van der Waals surface area (Å²) in [5.41, 5.74) is 0.806. The minimum absolute atomic E-state index is 0.0322. The molecule has 0 unspecified atom stereocenters. The molecule has 29 heavy (non-hydrogen) atoms. The number of esters is 1. The first kappa shape index (κ1) is 21.5. The first-order valence-electron chi connectivity index (χ1n) is 8.80. The largest absolute Gasteiger partial charge is 0.454 e. The van der Waals surface area contributed by atoms with Crippen LogP contribution in [0.5, 0.6) is 0 Å². The van der Waals surface area contributed by atoms with E-state index in [1.807, 2.05) is 0 Å². The summed E-state index contributed by atoms with van der Waals surface area (Å²) in [4.78, 5) is 46.5. The summed E-state index contributed by atoms with van der Waals surface area (Å²) in [7, 11) is 1.53. The van der Waals surface area contributed by atoms with Gasteiger partial charge >= 0.3 is 5.97 Å². The third-order valence-corrected chi connectivity index (χ3v) is 4.03. The molecule has 0 spiro atoms. The smallest absolute Gasteiger partial charge is 0.338 e. The number of Topliss-reactive ketones (excluding diaryl/α,β-unsaturated/α-hetero) is 1. The highest BCUT2D eigenvalue weighted by atomic mass is 16.6. The van der Waals surface area contributed by atoms with Gasteiger partial charge in [0.05, 0.1) is 10.5 Å². The molecular weight excluding hydrogens is 378 g/mol. The molecule has 0 saturated carbocycles. The van der Waals surface area contributed by atoms with Gasteiger partial charge in [-0.05, 0) is 36.4 Å². The number of hydrogen-bond donors (Lipinski definition) is 2. The van der Waals surface area contributed by atoms with Gasteiger partial charge in [-0.2, -0.15) is 0 Å². The number of benzene rings is 2. The Morgan fingerprint density at radius 3 is 2.24 bits per heavy atom. The van der Waals surface area contributed by atoms with E-state index >= 15 is 0 Å². The van der Waals surface area contributed by atoms with E-state index in [0.717, 1.165) is 6.07 Å². The molecule has 0 atom stereocenters. The molecule has 2 aromatic rings. The number of carbonyl (C=O) groups is 3. The van der Waals surface area contributed by atoms with Crippen LogP contribution in [0.1, 0.15) is 34.6 Å². The minimum atomic E-state index is -0.843. The van der Waals surface area contributed by atoms with Crippen molar-refractivity contribution in [3.8, 4) is 0 Å². The van der Waals surface area contributed by atoms with Gasteiger partial charge in [0.25, 0.3) is 5.69 Å². The highest BCUT2D eigenvalue weighted by Crippen LogP contribution is 2.25. The van der Waals surface area contributed by atoms with Gasteiger partial charge in [0.1, 0.15) is 5.69 Å². The lowest BCUT2D eigenvalue weighted by molar-refractivity contribution is -0.384. The number of nitrogens with one attached hydrogen (secondary N) is 2. The Labute approximate surface area is 167 Å². The van der Waals surface area contributed by atoms with Crippen LogP contribution < -0.4 is 10.6 Å². The maximum Gasteiger partial charge on any atom is 0.338 e. The van der Waals surface area contributed by atoms with Gasteiger partial charge in [-0.25, -0.2) is 4.79 Å². The molecule has 0 heterocycles. The Morgan fingerprint density at radius 2 is 1.69 bits per heavy atom. The number of nitro groups is 1. The van der Waals surface area contributed by atoms with Crippen molar-refractivity contribution < 1.29 is 24.0 Å². The summed E-state index contributed by atoms with van der Waals surface area (Å²) in [5, 5.41) is 16.4. The topological polar surface area (TPSA) is 128 Å². The fourth-order valence-corrected chi connectivity index (χ4v) is 2.34. The fourth-order valence-electron chi connectivity index (χ4n) is 2.34. The van der Waals surface area contributed by atoms with Crippen molar-refractivity contribution >= 4 is 34.7 Å². The second kappa shape index (κ2) is 9.45. The monoisotopic (exact) mass is 399 g/mol. The Morgan fingerprint density at radius 1 is 1.07 bits per heavy atom. The average Bonchev–Trinajstić information content (AvgIpc) is 2.71. The maximum absolute atomic E-state index is 12.2. The van der Waals surface area contributed by atoms with Crippen LogP contribution in [0.2, 0.25) is 0 Å². The number of amides is 1. The van der Waals surface area contributed by atoms with Gasteiger partial charge in [-0.15, -0.1) is 0 Å². The number of carbonyl (C=O) groups excluding carboxylic acids is 3. The number of anilines is 2. The summed E-state index contributed by atoms with van der Waals surface area (Å²) in [5.74, 6) is -1.60. The SMILES string of the molecule is CNc1ccc(C(=O)OCC(=O)c2ccc(NC(=O)C(C)C)cc2)cc1[N+](=O)[O-]. The molecule has 0 aliphatic heterocycles. The van der Waals surface area contributed by atoms with E-state index in [2.05, 4.69) is 10.6 Å². The van der Waals surface area contributed by atoms with E-state index in [-0.39, 0.29) is 28.8 Å². The zero-order chi connectivity index (χ0) is 21.6. The van der Waals surface area contributed by atoms with Crippen molar-refractivity contribution in [1.29, 1.82) is 0 Å². The fraction of sp³-hybridized carbons (Fsp3) is 0.250. The predicted octanol–water partition coefficient (Wildman–Crippen LogP) is 3.27. The molecule has 2 rings (SSSR count). The third-order valence-electron chi connectivity index (χ3n) is 4.03. The van der Waals surface area contributed by atoms with Gasteiger partial charge in [0.2, 0.25) is 5.91 Å². The molecule has 0 aromatic heterocycles. The molecule has 9 heteroatoms. The molecule has 0 aliphatic rings. The lowest BCUT2D eigenvalue weighted by Crippen LogP contribution is -2.18. The number of hydrogen-bond acceptors (Lipinski definition) is 7. The third kappa shape index (κ3) is 5.61. The Balaban J connectivity index is 2.00. The number of ether oxygens (including phenoxy) is 1. The number of nitrogens with zero attached hydrogens (tertiary/aromatic N) is 1. The molecule has 0 saturated heterocycles. The van der Waals surface area contributed by atoms with E-state index in [1.54, 1.807) is 26.0 Å². The van der Waals surface area contributed by atoms with Crippen molar-refractivity contribution in [2.24, 2.45) is 5.92 Å². The standard InChI is InChI=1S/C20H21N3O6/c1-12(2)19(25)22-15-7-4-13(5-8-15)18(24)11-29-20(26)14-6-9-16(21-3)17(10-14)23(27)28/h4-10,12,21H,11H2,1-3H3,(H,22,25). The van der Waals surface area contributed by atoms with E-state index < -0.39 is 23.3 Å².